The molecule has 2 aromatic rings. The second kappa shape index (κ2) is 12.8. The summed E-state index contributed by atoms with van der Waals surface area (Å²) in [5, 5.41) is 12.0. The van der Waals surface area contributed by atoms with E-state index in [0.29, 0.717) is 65.2 Å². The van der Waals surface area contributed by atoms with E-state index >= 15 is 0 Å². The molecule has 2 N–H and O–H groups in total. The van der Waals surface area contributed by atoms with Crippen molar-refractivity contribution in [1.29, 1.82) is 0 Å². The minimum absolute atomic E-state index is 0.108. The molecule has 188 valence electrons. The Morgan fingerprint density at radius 1 is 1.26 bits per heavy atom. The van der Waals surface area contributed by atoms with Crippen molar-refractivity contribution in [1.82, 2.24) is 14.3 Å². The fourth-order valence-corrected chi connectivity index (χ4v) is 4.80. The highest BCUT2D eigenvalue weighted by atomic mass is 32.2. The molecule has 0 radical (unpaired) electrons. The Morgan fingerprint density at radius 3 is 2.80 bits per heavy atom. The van der Waals surface area contributed by atoms with E-state index < -0.39 is 5.97 Å². The fraction of sp³-hybridized carbons (Fsp3) is 0.458. The number of unbranched alkanes of at least 4 members (excludes halogenated alkanes) is 2. The summed E-state index contributed by atoms with van der Waals surface area (Å²) in [6.45, 7) is 5.50. The molecule has 1 amide bonds. The predicted molar refractivity (Wildman–Crippen MR) is 142 cm³/mol. The average Bonchev–Trinajstić information content (AvgIpc) is 3.07. The van der Waals surface area contributed by atoms with Crippen LogP contribution in [0.3, 0.4) is 0 Å². The van der Waals surface area contributed by atoms with Crippen LogP contribution in [0.15, 0.2) is 34.1 Å². The summed E-state index contributed by atoms with van der Waals surface area (Å²) in [5.41, 5.74) is 0.514. The van der Waals surface area contributed by atoms with Gasteiger partial charge in [-0.25, -0.2) is 4.98 Å². The summed E-state index contributed by atoms with van der Waals surface area (Å²) in [4.78, 5) is 43.5. The number of aromatic nitrogens is 2. The highest BCUT2D eigenvalue weighted by Crippen LogP contribution is 2.33. The van der Waals surface area contributed by atoms with Gasteiger partial charge < -0.3 is 15.2 Å². The van der Waals surface area contributed by atoms with Crippen molar-refractivity contribution in [2.75, 3.05) is 25.0 Å². The third kappa shape index (κ3) is 7.36. The number of ether oxygens (including phenoxy) is 1. The maximum Gasteiger partial charge on any atom is 0.303 e. The summed E-state index contributed by atoms with van der Waals surface area (Å²) >= 11 is 6.55. The molecular formula is C24H30N4O5S2. The van der Waals surface area contributed by atoms with Crippen LogP contribution in [0.2, 0.25) is 0 Å². The Labute approximate surface area is 213 Å². The number of carboxylic acids is 1. The zero-order chi connectivity index (χ0) is 25.4. The van der Waals surface area contributed by atoms with Gasteiger partial charge in [-0.2, -0.15) is 0 Å². The zero-order valence-electron chi connectivity index (χ0n) is 19.9. The van der Waals surface area contributed by atoms with E-state index in [2.05, 4.69) is 10.3 Å². The molecule has 11 heteroatoms. The van der Waals surface area contributed by atoms with Crippen LogP contribution in [0.1, 0.15) is 51.5 Å². The Morgan fingerprint density at radius 2 is 2.06 bits per heavy atom. The largest absolute Gasteiger partial charge is 0.481 e. The standard InChI is InChI=1S/C24H30N4O5S2/c1-16(2)33-14-8-11-25-21-17(22(31)27-12-7-5-9-19(27)26-21)15-18-23(32)28(24(34)35-18)13-6-3-4-10-20(29)30/h5,7,9,12,15-16,25H,3-4,6,8,10-11,13-14H2,1-2H3,(H,29,30)/b18-15-. The maximum absolute atomic E-state index is 13.3. The Kier molecular flexibility index (Phi) is 9.82. The van der Waals surface area contributed by atoms with Gasteiger partial charge >= 0.3 is 5.97 Å². The molecule has 35 heavy (non-hydrogen) atoms. The molecule has 1 aliphatic heterocycles. The van der Waals surface area contributed by atoms with Gasteiger partial charge in [0.1, 0.15) is 15.8 Å². The van der Waals surface area contributed by atoms with Crippen LogP contribution in [-0.4, -0.2) is 61.4 Å². The Bertz CT molecular complexity index is 1180. The first-order valence-corrected chi connectivity index (χ1v) is 12.8. The zero-order valence-corrected chi connectivity index (χ0v) is 21.5. The maximum atomic E-state index is 13.3. The molecule has 0 aliphatic carbocycles. The summed E-state index contributed by atoms with van der Waals surface area (Å²) in [6.07, 6.45) is 6.08. The number of carbonyl (C=O) groups is 2. The van der Waals surface area contributed by atoms with Crippen LogP contribution in [0, 0.1) is 0 Å². The lowest BCUT2D eigenvalue weighted by atomic mass is 10.2. The number of thiocarbonyl (C=S) groups is 1. The Balaban J connectivity index is 1.79. The summed E-state index contributed by atoms with van der Waals surface area (Å²) in [7, 11) is 0. The lowest BCUT2D eigenvalue weighted by Crippen LogP contribution is -2.29. The van der Waals surface area contributed by atoms with E-state index in [-0.39, 0.29) is 24.0 Å². The minimum Gasteiger partial charge on any atom is -0.481 e. The first-order chi connectivity index (χ1) is 16.8. The van der Waals surface area contributed by atoms with Gasteiger partial charge in [0.15, 0.2) is 0 Å². The molecule has 3 heterocycles. The highest BCUT2D eigenvalue weighted by Gasteiger charge is 2.32. The number of pyridine rings is 1. The second-order valence-electron chi connectivity index (χ2n) is 8.35. The van der Waals surface area contributed by atoms with Gasteiger partial charge in [0.05, 0.1) is 16.6 Å². The van der Waals surface area contributed by atoms with E-state index in [4.69, 9.17) is 22.1 Å². The lowest BCUT2D eigenvalue weighted by Gasteiger charge is -2.14. The molecule has 1 aliphatic rings. The number of fused-ring (bicyclic) bond motifs is 1. The molecule has 0 aromatic carbocycles. The third-order valence-corrected chi connectivity index (χ3v) is 6.63. The number of nitrogens with one attached hydrogen (secondary N) is 1. The minimum atomic E-state index is -0.828. The van der Waals surface area contributed by atoms with Crippen molar-refractivity contribution in [2.24, 2.45) is 0 Å². The molecule has 2 aromatic heterocycles. The second-order valence-corrected chi connectivity index (χ2v) is 10.0. The first-order valence-electron chi connectivity index (χ1n) is 11.6. The van der Waals surface area contributed by atoms with E-state index in [1.54, 1.807) is 24.4 Å². The number of thioether (sulfide) groups is 1. The van der Waals surface area contributed by atoms with Crippen LogP contribution < -0.4 is 10.9 Å². The molecule has 1 fully saturated rings. The molecule has 9 nitrogen and oxygen atoms in total. The van der Waals surface area contributed by atoms with Gasteiger partial charge in [0, 0.05) is 32.3 Å². The number of carboxylic acid groups (broad SMARTS) is 1. The average molecular weight is 519 g/mol. The van der Waals surface area contributed by atoms with E-state index in [0.717, 1.165) is 18.2 Å². The van der Waals surface area contributed by atoms with Crippen LogP contribution in [-0.2, 0) is 14.3 Å². The van der Waals surface area contributed by atoms with Gasteiger partial charge in [-0.1, -0.05) is 36.5 Å². The monoisotopic (exact) mass is 518 g/mol. The predicted octanol–water partition coefficient (Wildman–Crippen LogP) is 3.77. The number of amides is 1. The van der Waals surface area contributed by atoms with E-state index in [9.17, 15) is 14.4 Å². The summed E-state index contributed by atoms with van der Waals surface area (Å²) in [6, 6.07) is 5.31. The number of hydrogen-bond donors (Lipinski definition) is 2. The van der Waals surface area contributed by atoms with Gasteiger partial charge in [-0.05, 0) is 51.3 Å². The van der Waals surface area contributed by atoms with Gasteiger partial charge in [0.2, 0.25) is 0 Å². The smallest absolute Gasteiger partial charge is 0.303 e. The van der Waals surface area contributed by atoms with Gasteiger partial charge in [0.25, 0.3) is 11.5 Å². The van der Waals surface area contributed by atoms with Crippen LogP contribution in [0.4, 0.5) is 5.82 Å². The van der Waals surface area contributed by atoms with Gasteiger partial charge in [-0.3, -0.25) is 23.7 Å². The number of rotatable bonds is 13. The van der Waals surface area contributed by atoms with Crippen LogP contribution >= 0.6 is 24.0 Å². The third-order valence-electron chi connectivity index (χ3n) is 5.26. The Hall–Kier alpha value is -2.76. The van der Waals surface area contributed by atoms with Crippen molar-refractivity contribution < 1.29 is 19.4 Å². The topological polar surface area (TPSA) is 113 Å². The van der Waals surface area contributed by atoms with Crippen molar-refractivity contribution in [3.8, 4) is 0 Å². The molecule has 0 bridgehead atoms. The van der Waals surface area contributed by atoms with Crippen molar-refractivity contribution in [3.05, 3.63) is 45.2 Å². The number of anilines is 1. The first kappa shape index (κ1) is 26.8. The van der Waals surface area contributed by atoms with Gasteiger partial charge in [-0.15, -0.1) is 0 Å². The number of hydrogen-bond acceptors (Lipinski definition) is 8. The van der Waals surface area contributed by atoms with Crippen molar-refractivity contribution in [3.63, 3.8) is 0 Å². The van der Waals surface area contributed by atoms with E-state index in [1.165, 1.54) is 9.30 Å². The summed E-state index contributed by atoms with van der Waals surface area (Å²) < 4.78 is 7.44. The SMILES string of the molecule is CC(C)OCCCNc1nc2ccccn2c(=O)c1/C=C1\SC(=S)N(CCCCCC(=O)O)C1=O. The van der Waals surface area contributed by atoms with Crippen molar-refractivity contribution in [2.45, 2.75) is 52.1 Å². The molecule has 1 saturated heterocycles. The highest BCUT2D eigenvalue weighted by molar-refractivity contribution is 8.26. The molecule has 0 saturated carbocycles. The van der Waals surface area contributed by atoms with Crippen LogP contribution in [0.5, 0.6) is 0 Å². The molecular weight excluding hydrogens is 488 g/mol. The number of aliphatic carboxylic acids is 1. The quantitative estimate of drug-likeness (QED) is 0.232. The number of nitrogens with zero attached hydrogens (tertiary/aromatic N) is 3. The van der Waals surface area contributed by atoms with E-state index in [1.807, 2.05) is 19.9 Å². The molecule has 3 rings (SSSR count). The molecule has 0 atom stereocenters. The summed E-state index contributed by atoms with van der Waals surface area (Å²) in [5.74, 6) is -0.678. The molecule has 0 spiro atoms. The number of carbonyl (C=O) groups excluding carboxylic acids is 1. The molecule has 0 unspecified atom stereocenters. The fourth-order valence-electron chi connectivity index (χ4n) is 3.51. The normalized spacial score (nSPS) is 15.1. The van der Waals surface area contributed by atoms with Crippen molar-refractivity contribution >= 4 is 57.7 Å². The van der Waals surface area contributed by atoms with Crippen LogP contribution in [0.25, 0.3) is 11.7 Å². The lowest BCUT2D eigenvalue weighted by molar-refractivity contribution is -0.137.